The minimum atomic E-state index is -0.838. The Labute approximate surface area is 122 Å². The number of rotatable bonds is 5. The summed E-state index contributed by atoms with van der Waals surface area (Å²) in [5.74, 6) is 2.31. The average molecular weight is 290 g/mol. The first-order valence-electron chi connectivity index (χ1n) is 6.91. The van der Waals surface area contributed by atoms with Crippen LogP contribution in [0.25, 0.3) is 0 Å². The van der Waals surface area contributed by atoms with Gasteiger partial charge in [-0.05, 0) is 24.1 Å². The third kappa shape index (κ3) is 2.42. The molecule has 1 unspecified atom stereocenters. The number of hydrogen-bond acceptors (Lipinski definition) is 5. The van der Waals surface area contributed by atoms with Gasteiger partial charge in [-0.1, -0.05) is 6.92 Å². The van der Waals surface area contributed by atoms with Crippen LogP contribution in [0.5, 0.6) is 17.2 Å². The molecule has 0 saturated heterocycles. The molecule has 21 heavy (non-hydrogen) atoms. The van der Waals surface area contributed by atoms with Crippen molar-refractivity contribution in [3.05, 3.63) is 35.9 Å². The lowest BCUT2D eigenvalue weighted by Crippen LogP contribution is -2.10. The van der Waals surface area contributed by atoms with Crippen LogP contribution in [0.1, 0.15) is 30.8 Å². The fraction of sp³-hybridized carbons (Fsp3) is 0.400. The summed E-state index contributed by atoms with van der Waals surface area (Å²) >= 11 is 0. The van der Waals surface area contributed by atoms with Crippen molar-refractivity contribution < 1.29 is 19.3 Å². The monoisotopic (exact) mass is 290 g/mol. The lowest BCUT2D eigenvalue weighted by atomic mass is 10.1. The van der Waals surface area contributed by atoms with Crippen LogP contribution in [0, 0.1) is 0 Å². The molecule has 1 atom stereocenters. The standard InChI is InChI=1S/C15H18N2O4/c1-3-5-17-6-4-16-15(17)13(18)10-7-11(19-2)14-12(8-10)20-9-21-14/h4,6-8,13,18H,3,5,9H2,1-2H3. The first-order valence-corrected chi connectivity index (χ1v) is 6.91. The molecule has 1 aliphatic rings. The van der Waals surface area contributed by atoms with Gasteiger partial charge in [-0.2, -0.15) is 0 Å². The van der Waals surface area contributed by atoms with Gasteiger partial charge in [-0.25, -0.2) is 4.98 Å². The first-order chi connectivity index (χ1) is 10.2. The number of aromatic nitrogens is 2. The van der Waals surface area contributed by atoms with Gasteiger partial charge in [0.25, 0.3) is 0 Å². The Bertz CT molecular complexity index is 639. The summed E-state index contributed by atoms with van der Waals surface area (Å²) < 4.78 is 18.0. The molecule has 0 fully saturated rings. The van der Waals surface area contributed by atoms with E-state index in [4.69, 9.17) is 14.2 Å². The summed E-state index contributed by atoms with van der Waals surface area (Å²) in [4.78, 5) is 4.26. The van der Waals surface area contributed by atoms with Gasteiger partial charge in [-0.15, -0.1) is 0 Å². The van der Waals surface area contributed by atoms with Gasteiger partial charge in [-0.3, -0.25) is 0 Å². The molecule has 1 aromatic heterocycles. The number of nitrogens with zero attached hydrogens (tertiary/aromatic N) is 2. The molecule has 1 aliphatic heterocycles. The van der Waals surface area contributed by atoms with Crippen molar-refractivity contribution in [2.75, 3.05) is 13.9 Å². The lowest BCUT2D eigenvalue weighted by molar-refractivity contribution is 0.171. The van der Waals surface area contributed by atoms with E-state index in [0.717, 1.165) is 13.0 Å². The first kappa shape index (κ1) is 13.8. The van der Waals surface area contributed by atoms with Crippen molar-refractivity contribution in [2.24, 2.45) is 0 Å². The maximum atomic E-state index is 10.6. The summed E-state index contributed by atoms with van der Waals surface area (Å²) in [7, 11) is 1.56. The Balaban J connectivity index is 1.98. The second-order valence-corrected chi connectivity index (χ2v) is 4.84. The van der Waals surface area contributed by atoms with Crippen LogP contribution in [-0.2, 0) is 6.54 Å². The molecule has 1 N–H and O–H groups in total. The third-order valence-corrected chi connectivity index (χ3v) is 3.45. The van der Waals surface area contributed by atoms with Crippen LogP contribution >= 0.6 is 0 Å². The number of aliphatic hydroxyl groups is 1. The van der Waals surface area contributed by atoms with Crippen molar-refractivity contribution in [2.45, 2.75) is 26.0 Å². The van der Waals surface area contributed by atoms with Crippen LogP contribution in [0.4, 0.5) is 0 Å². The zero-order valence-electron chi connectivity index (χ0n) is 12.1. The van der Waals surface area contributed by atoms with E-state index in [0.29, 0.717) is 28.6 Å². The number of aliphatic hydroxyl groups excluding tert-OH is 1. The topological polar surface area (TPSA) is 65.7 Å². The van der Waals surface area contributed by atoms with Crippen molar-refractivity contribution in [3.8, 4) is 17.2 Å². The molecule has 1 aromatic carbocycles. The van der Waals surface area contributed by atoms with E-state index in [2.05, 4.69) is 11.9 Å². The lowest BCUT2D eigenvalue weighted by Gasteiger charge is -2.15. The second kappa shape index (κ2) is 5.65. The Morgan fingerprint density at radius 3 is 3.05 bits per heavy atom. The van der Waals surface area contributed by atoms with E-state index in [1.807, 2.05) is 10.8 Å². The smallest absolute Gasteiger partial charge is 0.231 e. The minimum absolute atomic E-state index is 0.162. The van der Waals surface area contributed by atoms with E-state index < -0.39 is 6.10 Å². The Morgan fingerprint density at radius 2 is 2.29 bits per heavy atom. The quantitative estimate of drug-likeness (QED) is 0.913. The van der Waals surface area contributed by atoms with Crippen molar-refractivity contribution in [1.29, 1.82) is 0 Å². The maximum Gasteiger partial charge on any atom is 0.231 e. The molecular weight excluding hydrogens is 272 g/mol. The van der Waals surface area contributed by atoms with Gasteiger partial charge < -0.3 is 23.9 Å². The van der Waals surface area contributed by atoms with Crippen molar-refractivity contribution in [1.82, 2.24) is 9.55 Å². The molecule has 0 saturated carbocycles. The highest BCUT2D eigenvalue weighted by molar-refractivity contribution is 5.55. The van der Waals surface area contributed by atoms with Gasteiger partial charge in [0.1, 0.15) is 11.9 Å². The Hall–Kier alpha value is -2.21. The van der Waals surface area contributed by atoms with Crippen LogP contribution in [0.2, 0.25) is 0 Å². The fourth-order valence-electron chi connectivity index (χ4n) is 2.46. The van der Waals surface area contributed by atoms with Gasteiger partial charge >= 0.3 is 0 Å². The Morgan fingerprint density at radius 1 is 1.43 bits per heavy atom. The van der Waals surface area contributed by atoms with Crippen molar-refractivity contribution in [3.63, 3.8) is 0 Å². The zero-order valence-corrected chi connectivity index (χ0v) is 12.1. The number of hydrogen-bond donors (Lipinski definition) is 1. The molecule has 0 radical (unpaired) electrons. The van der Waals surface area contributed by atoms with Gasteiger partial charge in [0.05, 0.1) is 7.11 Å². The largest absolute Gasteiger partial charge is 0.493 e. The average Bonchev–Trinajstić information content (AvgIpc) is 3.14. The molecular formula is C15H18N2O4. The van der Waals surface area contributed by atoms with E-state index >= 15 is 0 Å². The highest BCUT2D eigenvalue weighted by Gasteiger charge is 2.24. The molecule has 0 aliphatic carbocycles. The zero-order chi connectivity index (χ0) is 14.8. The molecule has 6 heteroatoms. The second-order valence-electron chi connectivity index (χ2n) is 4.84. The van der Waals surface area contributed by atoms with E-state index in [9.17, 15) is 5.11 Å². The summed E-state index contributed by atoms with van der Waals surface area (Å²) in [6, 6.07) is 3.52. The maximum absolute atomic E-state index is 10.6. The molecule has 2 aromatic rings. The SMILES string of the molecule is CCCn1ccnc1C(O)c1cc(OC)c2c(c1)OCO2. The van der Waals surface area contributed by atoms with Gasteiger partial charge in [0.2, 0.25) is 12.5 Å². The van der Waals surface area contributed by atoms with Crippen molar-refractivity contribution >= 4 is 0 Å². The predicted octanol–water partition coefficient (Wildman–Crippen LogP) is 2.11. The highest BCUT2D eigenvalue weighted by atomic mass is 16.7. The number of fused-ring (bicyclic) bond motifs is 1. The number of imidazole rings is 1. The number of methoxy groups -OCH3 is 1. The van der Waals surface area contributed by atoms with Crippen LogP contribution < -0.4 is 14.2 Å². The summed E-state index contributed by atoms with van der Waals surface area (Å²) in [6.45, 7) is 3.06. The van der Waals surface area contributed by atoms with E-state index in [1.54, 1.807) is 25.4 Å². The van der Waals surface area contributed by atoms with E-state index in [-0.39, 0.29) is 6.79 Å². The Kier molecular flexibility index (Phi) is 3.70. The number of benzene rings is 1. The summed E-state index contributed by atoms with van der Waals surface area (Å²) in [6.07, 6.45) is 3.69. The normalized spacial score (nSPS) is 14.2. The van der Waals surface area contributed by atoms with Crippen LogP contribution in [0.15, 0.2) is 24.5 Å². The number of ether oxygens (including phenoxy) is 3. The summed E-state index contributed by atoms with van der Waals surface area (Å²) in [5.41, 5.74) is 0.666. The predicted molar refractivity (Wildman–Crippen MR) is 75.7 cm³/mol. The molecule has 0 bridgehead atoms. The molecule has 2 heterocycles. The van der Waals surface area contributed by atoms with Crippen LogP contribution in [-0.4, -0.2) is 28.6 Å². The third-order valence-electron chi connectivity index (χ3n) is 3.45. The highest BCUT2D eigenvalue weighted by Crippen LogP contribution is 2.43. The minimum Gasteiger partial charge on any atom is -0.493 e. The van der Waals surface area contributed by atoms with Crippen LogP contribution in [0.3, 0.4) is 0 Å². The fourth-order valence-corrected chi connectivity index (χ4v) is 2.46. The van der Waals surface area contributed by atoms with Gasteiger partial charge in [0, 0.05) is 18.9 Å². The molecule has 3 rings (SSSR count). The number of aryl methyl sites for hydroxylation is 1. The molecule has 0 spiro atoms. The molecule has 6 nitrogen and oxygen atoms in total. The van der Waals surface area contributed by atoms with E-state index in [1.165, 1.54) is 0 Å². The molecule has 0 amide bonds. The summed E-state index contributed by atoms with van der Waals surface area (Å²) in [5, 5.41) is 10.6. The van der Waals surface area contributed by atoms with Gasteiger partial charge in [0.15, 0.2) is 11.5 Å². The molecule has 112 valence electrons.